The van der Waals surface area contributed by atoms with E-state index in [1.165, 1.54) is 0 Å². The van der Waals surface area contributed by atoms with Crippen molar-refractivity contribution in [2.24, 2.45) is 5.92 Å². The third-order valence-corrected chi connectivity index (χ3v) is 3.04. The third kappa shape index (κ3) is 2.72. The zero-order valence-electron chi connectivity index (χ0n) is 8.62. The van der Waals surface area contributed by atoms with E-state index in [9.17, 15) is 9.90 Å². The molecule has 0 aliphatic heterocycles. The molecule has 1 aromatic rings. The highest BCUT2D eigenvalue weighted by molar-refractivity contribution is 9.10. The molecule has 0 amide bonds. The van der Waals surface area contributed by atoms with Crippen LogP contribution in [-0.2, 0) is 11.2 Å². The minimum absolute atomic E-state index is 0.142. The van der Waals surface area contributed by atoms with Gasteiger partial charge in [-0.3, -0.25) is 4.79 Å². The lowest BCUT2D eigenvalue weighted by Gasteiger charge is -2.12. The molecule has 1 unspecified atom stereocenters. The number of aryl methyl sites for hydroxylation is 1. The Kier molecular flexibility index (Phi) is 3.74. The van der Waals surface area contributed by atoms with Crippen LogP contribution in [0.1, 0.15) is 18.1 Å². The fourth-order valence-electron chi connectivity index (χ4n) is 1.36. The Balaban J connectivity index is 3.03. The van der Waals surface area contributed by atoms with Gasteiger partial charge in [0.25, 0.3) is 0 Å². The monoisotopic (exact) mass is 272 g/mol. The van der Waals surface area contributed by atoms with E-state index < -0.39 is 11.9 Å². The first-order valence-electron chi connectivity index (χ1n) is 4.63. The van der Waals surface area contributed by atoms with Gasteiger partial charge in [0.05, 0.1) is 10.4 Å². The standard InChI is InChI=1S/C11H13BrO3/c1-6-3-4-9(12)10(13)8(6)5-7(2)11(14)15/h3-4,7,13H,5H2,1-2H3,(H,14,15). The second-order valence-corrected chi connectivity index (χ2v) is 4.49. The van der Waals surface area contributed by atoms with Crippen LogP contribution < -0.4 is 0 Å². The number of hydrogen-bond donors (Lipinski definition) is 2. The van der Waals surface area contributed by atoms with Crippen LogP contribution in [-0.4, -0.2) is 16.2 Å². The fourth-order valence-corrected chi connectivity index (χ4v) is 1.73. The van der Waals surface area contributed by atoms with E-state index in [0.29, 0.717) is 16.5 Å². The maximum absolute atomic E-state index is 10.7. The molecule has 3 nitrogen and oxygen atoms in total. The Labute approximate surface area is 96.9 Å². The molecule has 0 spiro atoms. The highest BCUT2D eigenvalue weighted by Gasteiger charge is 2.16. The lowest BCUT2D eigenvalue weighted by atomic mass is 9.97. The number of phenolic OH excluding ortho intramolecular Hbond substituents is 1. The Hall–Kier alpha value is -1.03. The van der Waals surface area contributed by atoms with Gasteiger partial charge in [-0.15, -0.1) is 0 Å². The Bertz CT molecular complexity index is 388. The van der Waals surface area contributed by atoms with Crippen LogP contribution in [0.5, 0.6) is 5.75 Å². The summed E-state index contributed by atoms with van der Waals surface area (Å²) in [5.74, 6) is -1.21. The maximum Gasteiger partial charge on any atom is 0.306 e. The van der Waals surface area contributed by atoms with Crippen LogP contribution in [0.25, 0.3) is 0 Å². The molecule has 15 heavy (non-hydrogen) atoms. The Morgan fingerprint density at radius 3 is 2.67 bits per heavy atom. The molecular formula is C11H13BrO3. The van der Waals surface area contributed by atoms with Crippen molar-refractivity contribution in [1.82, 2.24) is 0 Å². The van der Waals surface area contributed by atoms with E-state index in [2.05, 4.69) is 15.9 Å². The molecule has 0 bridgehead atoms. The SMILES string of the molecule is Cc1ccc(Br)c(O)c1CC(C)C(=O)O. The summed E-state index contributed by atoms with van der Waals surface area (Å²) in [7, 11) is 0. The molecule has 0 saturated carbocycles. The van der Waals surface area contributed by atoms with E-state index in [4.69, 9.17) is 5.11 Å². The number of carboxylic acid groups (broad SMARTS) is 1. The van der Waals surface area contributed by atoms with E-state index in [-0.39, 0.29) is 5.75 Å². The van der Waals surface area contributed by atoms with Gasteiger partial charge in [-0.25, -0.2) is 0 Å². The molecule has 0 heterocycles. The number of aromatic hydroxyl groups is 1. The summed E-state index contributed by atoms with van der Waals surface area (Å²) in [4.78, 5) is 10.7. The van der Waals surface area contributed by atoms with Crippen molar-refractivity contribution >= 4 is 21.9 Å². The average molecular weight is 273 g/mol. The van der Waals surface area contributed by atoms with E-state index >= 15 is 0 Å². The van der Waals surface area contributed by atoms with Crippen LogP contribution in [0, 0.1) is 12.8 Å². The topological polar surface area (TPSA) is 57.5 Å². The zero-order chi connectivity index (χ0) is 11.6. The summed E-state index contributed by atoms with van der Waals surface area (Å²) in [6.45, 7) is 3.48. The highest BCUT2D eigenvalue weighted by Crippen LogP contribution is 2.31. The van der Waals surface area contributed by atoms with Crippen molar-refractivity contribution in [3.63, 3.8) is 0 Å². The van der Waals surface area contributed by atoms with Gasteiger partial charge >= 0.3 is 5.97 Å². The molecule has 1 rings (SSSR count). The molecule has 0 aliphatic rings. The molecule has 2 N–H and O–H groups in total. The van der Waals surface area contributed by atoms with Crippen molar-refractivity contribution in [3.05, 3.63) is 27.7 Å². The summed E-state index contributed by atoms with van der Waals surface area (Å²) in [5, 5.41) is 18.6. The Morgan fingerprint density at radius 2 is 2.13 bits per heavy atom. The third-order valence-electron chi connectivity index (χ3n) is 2.40. The lowest BCUT2D eigenvalue weighted by molar-refractivity contribution is -0.141. The summed E-state index contributed by atoms with van der Waals surface area (Å²) >= 11 is 3.21. The van der Waals surface area contributed by atoms with Gasteiger partial charge < -0.3 is 10.2 Å². The molecule has 82 valence electrons. The van der Waals surface area contributed by atoms with E-state index in [1.807, 2.05) is 13.0 Å². The highest BCUT2D eigenvalue weighted by atomic mass is 79.9. The smallest absolute Gasteiger partial charge is 0.306 e. The molecule has 0 fully saturated rings. The normalized spacial score (nSPS) is 12.5. The number of carbonyl (C=O) groups is 1. The molecule has 0 saturated heterocycles. The molecule has 0 aromatic heterocycles. The second kappa shape index (κ2) is 4.66. The summed E-state index contributed by atoms with van der Waals surface area (Å²) in [6.07, 6.45) is 0.340. The van der Waals surface area contributed by atoms with Gasteiger partial charge in [-0.2, -0.15) is 0 Å². The summed E-state index contributed by atoms with van der Waals surface area (Å²) in [6, 6.07) is 3.60. The van der Waals surface area contributed by atoms with Crippen LogP contribution >= 0.6 is 15.9 Å². The number of hydrogen-bond acceptors (Lipinski definition) is 2. The summed E-state index contributed by atoms with van der Waals surface area (Å²) < 4.78 is 0.598. The van der Waals surface area contributed by atoms with Gasteiger partial charge in [0, 0.05) is 0 Å². The minimum atomic E-state index is -0.853. The van der Waals surface area contributed by atoms with Gasteiger partial charge in [-0.1, -0.05) is 13.0 Å². The van der Waals surface area contributed by atoms with Gasteiger partial charge in [0.1, 0.15) is 5.75 Å². The molecular weight excluding hydrogens is 260 g/mol. The first-order chi connectivity index (χ1) is 6.93. The van der Waals surface area contributed by atoms with E-state index in [0.717, 1.165) is 5.56 Å². The number of aliphatic carboxylic acids is 1. The molecule has 0 aliphatic carbocycles. The first kappa shape index (κ1) is 12.0. The maximum atomic E-state index is 10.7. The van der Waals surface area contributed by atoms with Crippen molar-refractivity contribution < 1.29 is 15.0 Å². The molecule has 0 radical (unpaired) electrons. The fraction of sp³-hybridized carbons (Fsp3) is 0.364. The molecule has 1 atom stereocenters. The van der Waals surface area contributed by atoms with Gasteiger partial charge in [0.2, 0.25) is 0 Å². The predicted octanol–water partition coefficient (Wildman–Crippen LogP) is 2.73. The van der Waals surface area contributed by atoms with Crippen molar-refractivity contribution in [2.45, 2.75) is 20.3 Å². The van der Waals surface area contributed by atoms with Gasteiger partial charge in [-0.05, 0) is 46.5 Å². The number of rotatable bonds is 3. The number of benzene rings is 1. The van der Waals surface area contributed by atoms with Crippen LogP contribution in [0.2, 0.25) is 0 Å². The van der Waals surface area contributed by atoms with Crippen LogP contribution in [0.4, 0.5) is 0 Å². The quantitative estimate of drug-likeness (QED) is 0.890. The number of phenols is 1. The van der Waals surface area contributed by atoms with Crippen molar-refractivity contribution in [3.8, 4) is 5.75 Å². The van der Waals surface area contributed by atoms with Crippen LogP contribution in [0.15, 0.2) is 16.6 Å². The zero-order valence-corrected chi connectivity index (χ0v) is 10.2. The largest absolute Gasteiger partial charge is 0.506 e. The Morgan fingerprint density at radius 1 is 1.53 bits per heavy atom. The first-order valence-corrected chi connectivity index (χ1v) is 5.42. The van der Waals surface area contributed by atoms with E-state index in [1.54, 1.807) is 13.0 Å². The predicted molar refractivity (Wildman–Crippen MR) is 61.0 cm³/mol. The number of carboxylic acids is 1. The summed E-state index contributed by atoms with van der Waals surface area (Å²) in [5.41, 5.74) is 1.60. The second-order valence-electron chi connectivity index (χ2n) is 3.63. The van der Waals surface area contributed by atoms with Crippen molar-refractivity contribution in [1.29, 1.82) is 0 Å². The van der Waals surface area contributed by atoms with Crippen molar-refractivity contribution in [2.75, 3.05) is 0 Å². The molecule has 4 heteroatoms. The molecule has 1 aromatic carbocycles. The lowest BCUT2D eigenvalue weighted by Crippen LogP contribution is -2.13. The minimum Gasteiger partial charge on any atom is -0.506 e. The van der Waals surface area contributed by atoms with Gasteiger partial charge in [0.15, 0.2) is 0 Å². The van der Waals surface area contributed by atoms with Crippen LogP contribution in [0.3, 0.4) is 0 Å². The average Bonchev–Trinajstić information content (AvgIpc) is 2.18. The number of halogens is 1.